The fraction of sp³-hybridized carbons (Fsp3) is 0.786. The molecule has 1 fully saturated rings. The maximum atomic E-state index is 13.7. The van der Waals surface area contributed by atoms with Gasteiger partial charge in [0.1, 0.15) is 6.17 Å². The predicted molar refractivity (Wildman–Crippen MR) is 77.8 cm³/mol. The van der Waals surface area contributed by atoms with Crippen molar-refractivity contribution in [3.8, 4) is 0 Å². The lowest BCUT2D eigenvalue weighted by Crippen LogP contribution is -2.23. The summed E-state index contributed by atoms with van der Waals surface area (Å²) in [5, 5.41) is 9.27. The lowest BCUT2D eigenvalue weighted by atomic mass is 9.91. The second-order valence-corrected chi connectivity index (χ2v) is 5.38. The SMILES string of the molecule is COC(=O)CCC/C=C/CC1C(OP)CC(F)C1CO. The van der Waals surface area contributed by atoms with Crippen LogP contribution in [-0.4, -0.2) is 37.1 Å². The van der Waals surface area contributed by atoms with Crippen LogP contribution in [0.3, 0.4) is 0 Å². The molecule has 116 valence electrons. The highest BCUT2D eigenvalue weighted by atomic mass is 31.0. The molecule has 5 unspecified atom stereocenters. The zero-order chi connectivity index (χ0) is 15.0. The zero-order valence-electron chi connectivity index (χ0n) is 11.8. The van der Waals surface area contributed by atoms with E-state index >= 15 is 0 Å². The number of ether oxygens (including phenoxy) is 1. The second kappa shape index (κ2) is 9.43. The summed E-state index contributed by atoms with van der Waals surface area (Å²) in [5.74, 6) is -0.545. The molecule has 0 aliphatic heterocycles. The van der Waals surface area contributed by atoms with Crippen LogP contribution in [0.15, 0.2) is 12.2 Å². The van der Waals surface area contributed by atoms with E-state index in [2.05, 4.69) is 14.2 Å². The Labute approximate surface area is 122 Å². The van der Waals surface area contributed by atoms with Gasteiger partial charge in [0.05, 0.1) is 13.2 Å². The van der Waals surface area contributed by atoms with Gasteiger partial charge in [0.2, 0.25) is 0 Å². The average molecular weight is 306 g/mol. The molecule has 0 amide bonds. The van der Waals surface area contributed by atoms with Gasteiger partial charge in [-0.15, -0.1) is 0 Å². The van der Waals surface area contributed by atoms with E-state index in [0.29, 0.717) is 19.3 Å². The van der Waals surface area contributed by atoms with Crippen molar-refractivity contribution in [2.45, 2.75) is 44.4 Å². The number of unbranched alkanes of at least 4 members (excludes halogenated alkanes) is 1. The number of aliphatic hydroxyl groups is 1. The minimum Gasteiger partial charge on any atom is -0.469 e. The molecule has 20 heavy (non-hydrogen) atoms. The van der Waals surface area contributed by atoms with Gasteiger partial charge in [0.25, 0.3) is 0 Å². The summed E-state index contributed by atoms with van der Waals surface area (Å²) in [6.07, 6.45) is 5.78. The summed E-state index contributed by atoms with van der Waals surface area (Å²) in [6, 6.07) is 0. The van der Waals surface area contributed by atoms with E-state index in [4.69, 9.17) is 4.52 Å². The first-order valence-electron chi connectivity index (χ1n) is 6.96. The van der Waals surface area contributed by atoms with E-state index in [1.165, 1.54) is 7.11 Å². The number of hydrogen-bond donors (Lipinski definition) is 1. The third kappa shape index (κ3) is 5.12. The molecule has 1 N–H and O–H groups in total. The van der Waals surface area contributed by atoms with Crippen LogP contribution >= 0.6 is 9.47 Å². The molecule has 0 aromatic rings. The summed E-state index contributed by atoms with van der Waals surface area (Å²) in [7, 11) is 3.56. The number of hydrogen-bond acceptors (Lipinski definition) is 4. The van der Waals surface area contributed by atoms with Crippen molar-refractivity contribution in [2.75, 3.05) is 13.7 Å². The van der Waals surface area contributed by atoms with Crippen molar-refractivity contribution in [1.82, 2.24) is 0 Å². The Morgan fingerprint density at radius 2 is 2.20 bits per heavy atom. The Kier molecular flexibility index (Phi) is 8.27. The zero-order valence-corrected chi connectivity index (χ0v) is 13.0. The van der Waals surface area contributed by atoms with Crippen LogP contribution in [0.25, 0.3) is 0 Å². The number of aliphatic hydroxyl groups excluding tert-OH is 1. The predicted octanol–water partition coefficient (Wildman–Crippen LogP) is 2.42. The number of alkyl halides is 1. The summed E-state index contributed by atoms with van der Waals surface area (Å²) in [5.41, 5.74) is 0. The van der Waals surface area contributed by atoms with Gasteiger partial charge in [-0.05, 0) is 25.2 Å². The Hall–Kier alpha value is -0.510. The third-order valence-electron chi connectivity index (χ3n) is 3.89. The van der Waals surface area contributed by atoms with E-state index in [1.54, 1.807) is 0 Å². The Morgan fingerprint density at radius 1 is 1.45 bits per heavy atom. The van der Waals surface area contributed by atoms with Gasteiger partial charge in [-0.1, -0.05) is 12.2 Å². The van der Waals surface area contributed by atoms with Crippen LogP contribution in [0.1, 0.15) is 32.1 Å². The number of methoxy groups -OCH3 is 1. The molecule has 4 nitrogen and oxygen atoms in total. The minimum atomic E-state index is -0.997. The van der Waals surface area contributed by atoms with Crippen LogP contribution < -0.4 is 0 Å². The molecule has 1 aliphatic rings. The maximum absolute atomic E-state index is 13.7. The molecule has 1 rings (SSSR count). The number of carbonyl (C=O) groups excluding carboxylic acids is 1. The molecule has 0 saturated heterocycles. The molecule has 6 heteroatoms. The van der Waals surface area contributed by atoms with Crippen molar-refractivity contribution < 1.29 is 23.6 Å². The highest BCUT2D eigenvalue weighted by molar-refractivity contribution is 7.09. The molecule has 0 spiro atoms. The normalized spacial score (nSPS) is 30.0. The fourth-order valence-electron chi connectivity index (χ4n) is 2.69. The lowest BCUT2D eigenvalue weighted by molar-refractivity contribution is -0.140. The van der Waals surface area contributed by atoms with Crippen molar-refractivity contribution in [1.29, 1.82) is 0 Å². The smallest absolute Gasteiger partial charge is 0.305 e. The van der Waals surface area contributed by atoms with E-state index < -0.39 is 6.17 Å². The highest BCUT2D eigenvalue weighted by Crippen LogP contribution is 2.39. The Morgan fingerprint density at radius 3 is 2.80 bits per heavy atom. The van der Waals surface area contributed by atoms with Crippen LogP contribution in [0.2, 0.25) is 0 Å². The van der Waals surface area contributed by atoms with Gasteiger partial charge in [0, 0.05) is 34.8 Å². The van der Waals surface area contributed by atoms with Crippen LogP contribution in [0, 0.1) is 11.8 Å². The number of esters is 1. The summed E-state index contributed by atoms with van der Waals surface area (Å²) >= 11 is 0. The molecule has 0 aromatic carbocycles. The molecule has 1 saturated carbocycles. The number of allylic oxidation sites excluding steroid dienone is 2. The molecule has 5 atom stereocenters. The second-order valence-electron chi connectivity index (χ2n) is 5.11. The van der Waals surface area contributed by atoms with Gasteiger partial charge >= 0.3 is 5.97 Å². The lowest BCUT2D eigenvalue weighted by Gasteiger charge is -2.21. The third-order valence-corrected chi connectivity index (χ3v) is 4.24. The first-order valence-corrected chi connectivity index (χ1v) is 7.43. The molecular weight excluding hydrogens is 282 g/mol. The van der Waals surface area contributed by atoms with Crippen molar-refractivity contribution >= 4 is 15.4 Å². The highest BCUT2D eigenvalue weighted by Gasteiger charge is 2.42. The number of halogens is 1. The van der Waals surface area contributed by atoms with Crippen molar-refractivity contribution in [2.24, 2.45) is 11.8 Å². The Balaban J connectivity index is 2.33. The average Bonchev–Trinajstić information content (AvgIpc) is 2.77. The topological polar surface area (TPSA) is 55.8 Å². The van der Waals surface area contributed by atoms with Crippen LogP contribution in [0.5, 0.6) is 0 Å². The van der Waals surface area contributed by atoms with Gasteiger partial charge in [-0.2, -0.15) is 0 Å². The van der Waals surface area contributed by atoms with Crippen LogP contribution in [0.4, 0.5) is 4.39 Å². The van der Waals surface area contributed by atoms with Crippen molar-refractivity contribution in [3.05, 3.63) is 12.2 Å². The summed E-state index contributed by atoms with van der Waals surface area (Å²) in [6.45, 7) is -0.146. The number of rotatable bonds is 8. The largest absolute Gasteiger partial charge is 0.469 e. The van der Waals surface area contributed by atoms with E-state index in [9.17, 15) is 14.3 Å². The van der Waals surface area contributed by atoms with E-state index in [0.717, 1.165) is 12.8 Å². The molecule has 1 aliphatic carbocycles. The molecular formula is C14H24FO4P. The van der Waals surface area contributed by atoms with E-state index in [-0.39, 0.29) is 30.5 Å². The molecule has 0 bridgehead atoms. The molecule has 0 aromatic heterocycles. The number of carbonyl (C=O) groups is 1. The van der Waals surface area contributed by atoms with Gasteiger partial charge in [-0.25, -0.2) is 4.39 Å². The van der Waals surface area contributed by atoms with E-state index in [1.807, 2.05) is 12.2 Å². The van der Waals surface area contributed by atoms with Gasteiger partial charge < -0.3 is 14.4 Å². The fourth-order valence-corrected chi connectivity index (χ4v) is 3.00. The first kappa shape index (κ1) is 17.5. The Bertz CT molecular complexity index is 324. The van der Waals surface area contributed by atoms with Crippen molar-refractivity contribution in [3.63, 3.8) is 0 Å². The maximum Gasteiger partial charge on any atom is 0.305 e. The summed E-state index contributed by atoms with van der Waals surface area (Å²) < 4.78 is 23.5. The molecule has 0 radical (unpaired) electrons. The quantitative estimate of drug-likeness (QED) is 0.324. The van der Waals surface area contributed by atoms with Crippen LogP contribution in [-0.2, 0) is 14.1 Å². The van der Waals surface area contributed by atoms with Gasteiger partial charge in [0.15, 0.2) is 0 Å². The van der Waals surface area contributed by atoms with Gasteiger partial charge in [-0.3, -0.25) is 4.79 Å². The first-order chi connectivity index (χ1) is 9.63. The standard InChI is InChI=1S/C14H24FO4P/c1-18-14(17)7-5-3-2-4-6-10-11(9-16)12(15)8-13(10)19-20/h2,4,10-13,16H,3,5-9,20H2,1H3/b4-2+. The minimum absolute atomic E-state index is 0.00403. The molecule has 0 heterocycles. The monoisotopic (exact) mass is 306 g/mol. The summed E-state index contributed by atoms with van der Waals surface area (Å²) in [4.78, 5) is 10.9.